The maximum absolute atomic E-state index is 3.64. The molecule has 0 amide bonds. The fourth-order valence-corrected chi connectivity index (χ4v) is 2.93. The van der Waals surface area contributed by atoms with E-state index in [0.717, 1.165) is 12.1 Å². The Labute approximate surface area is 88.1 Å². The average Bonchev–Trinajstić information content (AvgIpc) is 2.63. The number of hydrogen-bond donors (Lipinski definition) is 1. The van der Waals surface area contributed by atoms with Gasteiger partial charge < -0.3 is 5.32 Å². The molecule has 1 N–H and O–H groups in total. The summed E-state index contributed by atoms with van der Waals surface area (Å²) < 4.78 is 0. The summed E-state index contributed by atoms with van der Waals surface area (Å²) in [5.41, 5.74) is 0. The van der Waals surface area contributed by atoms with E-state index < -0.39 is 0 Å². The van der Waals surface area contributed by atoms with Crippen molar-refractivity contribution in [3.05, 3.63) is 0 Å². The molecule has 0 aromatic heterocycles. The van der Waals surface area contributed by atoms with E-state index in [0.29, 0.717) is 0 Å². The van der Waals surface area contributed by atoms with E-state index in [1.165, 1.54) is 58.2 Å². The fraction of sp³-hybridized carbons (Fsp3) is 1.00. The average molecular weight is 196 g/mol. The maximum Gasteiger partial charge on any atom is 0.0110 e. The van der Waals surface area contributed by atoms with Crippen LogP contribution in [0.25, 0.3) is 0 Å². The van der Waals surface area contributed by atoms with Crippen LogP contribution in [-0.4, -0.2) is 36.6 Å². The van der Waals surface area contributed by atoms with Crippen LogP contribution in [0.1, 0.15) is 45.4 Å². The minimum atomic E-state index is 0.779. The number of rotatable bonds is 2. The van der Waals surface area contributed by atoms with Gasteiger partial charge in [0.05, 0.1) is 0 Å². The zero-order valence-corrected chi connectivity index (χ0v) is 9.47. The molecule has 1 atom stereocenters. The Morgan fingerprint density at radius 2 is 1.93 bits per heavy atom. The van der Waals surface area contributed by atoms with Gasteiger partial charge in [-0.3, -0.25) is 4.90 Å². The minimum absolute atomic E-state index is 0.779. The first-order chi connectivity index (χ1) is 6.90. The van der Waals surface area contributed by atoms with Gasteiger partial charge in [-0.15, -0.1) is 0 Å². The second-order valence-corrected chi connectivity index (χ2v) is 4.82. The highest BCUT2D eigenvalue weighted by Gasteiger charge is 2.24. The van der Waals surface area contributed by atoms with E-state index in [-0.39, 0.29) is 0 Å². The van der Waals surface area contributed by atoms with E-state index in [2.05, 4.69) is 17.1 Å². The van der Waals surface area contributed by atoms with Crippen molar-refractivity contribution in [1.82, 2.24) is 10.2 Å². The van der Waals surface area contributed by atoms with Crippen molar-refractivity contribution >= 4 is 0 Å². The third kappa shape index (κ3) is 2.48. The molecule has 0 bridgehead atoms. The van der Waals surface area contributed by atoms with Crippen LogP contribution in [0.3, 0.4) is 0 Å². The lowest BCUT2D eigenvalue weighted by Gasteiger charge is -2.26. The molecule has 2 rings (SSSR count). The lowest BCUT2D eigenvalue weighted by molar-refractivity contribution is 0.210. The van der Waals surface area contributed by atoms with Crippen LogP contribution in [0, 0.1) is 0 Å². The monoisotopic (exact) mass is 196 g/mol. The van der Waals surface area contributed by atoms with Gasteiger partial charge in [-0.25, -0.2) is 0 Å². The van der Waals surface area contributed by atoms with E-state index in [1.54, 1.807) is 0 Å². The molecule has 1 saturated carbocycles. The molecule has 0 aromatic rings. The van der Waals surface area contributed by atoms with Crippen molar-refractivity contribution in [2.45, 2.75) is 57.5 Å². The first kappa shape index (κ1) is 10.4. The van der Waals surface area contributed by atoms with Gasteiger partial charge in [0.15, 0.2) is 0 Å². The Morgan fingerprint density at radius 3 is 2.64 bits per heavy atom. The quantitative estimate of drug-likeness (QED) is 0.727. The Bertz CT molecular complexity index is 164. The SMILES string of the molecule is CCC1CCN(C2CCCC2)CCN1. The van der Waals surface area contributed by atoms with Crippen LogP contribution in [0.2, 0.25) is 0 Å². The Balaban J connectivity index is 1.82. The Morgan fingerprint density at radius 1 is 1.14 bits per heavy atom. The summed E-state index contributed by atoms with van der Waals surface area (Å²) in [5.74, 6) is 0. The zero-order chi connectivity index (χ0) is 9.80. The highest BCUT2D eigenvalue weighted by Crippen LogP contribution is 2.24. The third-order valence-electron chi connectivity index (χ3n) is 3.93. The lowest BCUT2D eigenvalue weighted by atomic mass is 10.1. The molecule has 1 aliphatic heterocycles. The predicted molar refractivity (Wildman–Crippen MR) is 60.5 cm³/mol. The number of nitrogens with zero attached hydrogens (tertiary/aromatic N) is 1. The molecule has 0 radical (unpaired) electrons. The van der Waals surface area contributed by atoms with Crippen molar-refractivity contribution < 1.29 is 0 Å². The van der Waals surface area contributed by atoms with Crippen LogP contribution in [0.4, 0.5) is 0 Å². The molecule has 2 aliphatic rings. The normalized spacial score (nSPS) is 31.9. The highest BCUT2D eigenvalue weighted by molar-refractivity contribution is 4.82. The smallest absolute Gasteiger partial charge is 0.0110 e. The van der Waals surface area contributed by atoms with E-state index >= 15 is 0 Å². The Hall–Kier alpha value is -0.0800. The molecule has 1 saturated heterocycles. The second-order valence-electron chi connectivity index (χ2n) is 4.82. The second kappa shape index (κ2) is 5.13. The molecule has 14 heavy (non-hydrogen) atoms. The minimum Gasteiger partial charge on any atom is -0.313 e. The molecular formula is C12H24N2. The molecule has 82 valence electrons. The van der Waals surface area contributed by atoms with Gasteiger partial charge >= 0.3 is 0 Å². The first-order valence-corrected chi connectivity index (χ1v) is 6.37. The summed E-state index contributed by atoms with van der Waals surface area (Å²) in [7, 11) is 0. The van der Waals surface area contributed by atoms with Crippen molar-refractivity contribution in [3.63, 3.8) is 0 Å². The fourth-order valence-electron chi connectivity index (χ4n) is 2.93. The first-order valence-electron chi connectivity index (χ1n) is 6.37. The summed E-state index contributed by atoms with van der Waals surface area (Å²) in [6.07, 6.45) is 8.48. The van der Waals surface area contributed by atoms with Crippen molar-refractivity contribution in [2.75, 3.05) is 19.6 Å². The predicted octanol–water partition coefficient (Wildman–Crippen LogP) is 2.00. The Kier molecular flexibility index (Phi) is 3.82. The van der Waals surface area contributed by atoms with Crippen LogP contribution in [-0.2, 0) is 0 Å². The van der Waals surface area contributed by atoms with Gasteiger partial charge in [0.2, 0.25) is 0 Å². The van der Waals surface area contributed by atoms with Crippen LogP contribution in [0.15, 0.2) is 0 Å². The number of nitrogens with one attached hydrogen (secondary N) is 1. The van der Waals surface area contributed by atoms with Gasteiger partial charge in [-0.1, -0.05) is 19.8 Å². The summed E-state index contributed by atoms with van der Waals surface area (Å²) in [4.78, 5) is 2.73. The molecule has 0 spiro atoms. The lowest BCUT2D eigenvalue weighted by Crippen LogP contribution is -2.36. The molecule has 2 fully saturated rings. The summed E-state index contributed by atoms with van der Waals surface area (Å²) in [6, 6.07) is 1.70. The summed E-state index contributed by atoms with van der Waals surface area (Å²) >= 11 is 0. The molecule has 1 unspecified atom stereocenters. The third-order valence-corrected chi connectivity index (χ3v) is 3.93. The van der Waals surface area contributed by atoms with E-state index in [9.17, 15) is 0 Å². The van der Waals surface area contributed by atoms with Crippen LogP contribution < -0.4 is 5.32 Å². The molecular weight excluding hydrogens is 172 g/mol. The largest absolute Gasteiger partial charge is 0.313 e. The van der Waals surface area contributed by atoms with Crippen molar-refractivity contribution in [1.29, 1.82) is 0 Å². The van der Waals surface area contributed by atoms with Gasteiger partial charge in [-0.05, 0) is 32.2 Å². The number of hydrogen-bond acceptors (Lipinski definition) is 2. The van der Waals surface area contributed by atoms with Gasteiger partial charge in [0, 0.05) is 25.2 Å². The van der Waals surface area contributed by atoms with Gasteiger partial charge in [0.25, 0.3) is 0 Å². The summed E-state index contributed by atoms with van der Waals surface area (Å²) in [6.45, 7) is 6.11. The molecule has 1 heterocycles. The summed E-state index contributed by atoms with van der Waals surface area (Å²) in [5, 5.41) is 3.64. The highest BCUT2D eigenvalue weighted by atomic mass is 15.2. The molecule has 0 aromatic carbocycles. The maximum atomic E-state index is 3.64. The van der Waals surface area contributed by atoms with Gasteiger partial charge in [-0.2, -0.15) is 0 Å². The standard InChI is InChI=1S/C12H24N2/c1-2-11-7-9-14(10-8-13-11)12-5-3-4-6-12/h11-13H,2-10H2,1H3. The topological polar surface area (TPSA) is 15.3 Å². The zero-order valence-electron chi connectivity index (χ0n) is 9.47. The van der Waals surface area contributed by atoms with Crippen molar-refractivity contribution in [2.24, 2.45) is 0 Å². The van der Waals surface area contributed by atoms with Crippen LogP contribution >= 0.6 is 0 Å². The van der Waals surface area contributed by atoms with Crippen LogP contribution in [0.5, 0.6) is 0 Å². The molecule has 1 aliphatic carbocycles. The van der Waals surface area contributed by atoms with Gasteiger partial charge in [0.1, 0.15) is 0 Å². The van der Waals surface area contributed by atoms with Crippen molar-refractivity contribution in [3.8, 4) is 0 Å². The molecule has 2 heteroatoms. The van der Waals surface area contributed by atoms with E-state index in [1.807, 2.05) is 0 Å². The molecule has 2 nitrogen and oxygen atoms in total. The van der Waals surface area contributed by atoms with E-state index in [4.69, 9.17) is 0 Å².